The van der Waals surface area contributed by atoms with E-state index in [0.717, 1.165) is 0 Å². The predicted octanol–water partition coefficient (Wildman–Crippen LogP) is -0.735. The average Bonchev–Trinajstić information content (AvgIpc) is 2.76. The van der Waals surface area contributed by atoms with Crippen LogP contribution in [0.3, 0.4) is 0 Å². The Bertz CT molecular complexity index is 598. The van der Waals surface area contributed by atoms with E-state index in [1.165, 1.54) is 10.8 Å². The highest BCUT2D eigenvalue weighted by atomic mass is 16.5. The second-order valence-corrected chi connectivity index (χ2v) is 4.26. The minimum Gasteiger partial charge on any atom is -0.394 e. The van der Waals surface area contributed by atoms with Crippen molar-refractivity contribution < 1.29 is 9.84 Å². The van der Waals surface area contributed by atoms with Crippen LogP contribution < -0.4 is 11.2 Å². The molecular formula is C11H13N3O4. The van der Waals surface area contributed by atoms with Crippen molar-refractivity contribution in [3.8, 4) is 6.07 Å². The molecule has 0 saturated carbocycles. The van der Waals surface area contributed by atoms with Gasteiger partial charge in [-0.2, -0.15) is 5.26 Å². The van der Waals surface area contributed by atoms with E-state index in [9.17, 15) is 9.59 Å². The van der Waals surface area contributed by atoms with Crippen molar-refractivity contribution in [1.82, 2.24) is 9.55 Å². The van der Waals surface area contributed by atoms with E-state index in [4.69, 9.17) is 15.1 Å². The molecule has 2 N–H and O–H groups in total. The molecular weight excluding hydrogens is 238 g/mol. The number of aromatic amines is 1. The molecule has 1 aromatic heterocycles. The van der Waals surface area contributed by atoms with Crippen molar-refractivity contribution in [1.29, 1.82) is 5.26 Å². The van der Waals surface area contributed by atoms with E-state index in [1.54, 1.807) is 6.92 Å². The normalized spacial score (nSPS) is 27.1. The van der Waals surface area contributed by atoms with Gasteiger partial charge in [-0.3, -0.25) is 14.3 Å². The van der Waals surface area contributed by atoms with Crippen LogP contribution in [-0.4, -0.2) is 27.4 Å². The zero-order valence-electron chi connectivity index (χ0n) is 9.79. The molecule has 96 valence electrons. The maximum atomic E-state index is 11.7. The standard InChI is InChI=1S/C11H13N3O4/c1-6-4-14(11(17)13-10(6)16)9-2-7(3-12)8(5-15)18-9/h4,7-9,15H,2,5H2,1H3,(H,13,16,17)/t7?,8-,9-/m1/s1. The van der Waals surface area contributed by atoms with Crippen LogP contribution >= 0.6 is 0 Å². The van der Waals surface area contributed by atoms with Crippen molar-refractivity contribution in [3.63, 3.8) is 0 Å². The summed E-state index contributed by atoms with van der Waals surface area (Å²) in [6.45, 7) is 1.31. The topological polar surface area (TPSA) is 108 Å². The highest BCUT2D eigenvalue weighted by molar-refractivity contribution is 5.03. The van der Waals surface area contributed by atoms with Crippen LogP contribution in [0.1, 0.15) is 18.2 Å². The molecule has 1 aliphatic heterocycles. The maximum Gasteiger partial charge on any atom is 0.330 e. The van der Waals surface area contributed by atoms with Gasteiger partial charge >= 0.3 is 5.69 Å². The summed E-state index contributed by atoms with van der Waals surface area (Å²) in [4.78, 5) is 25.1. The molecule has 0 aromatic carbocycles. The number of rotatable bonds is 2. The lowest BCUT2D eigenvalue weighted by Gasteiger charge is -2.14. The molecule has 7 nitrogen and oxygen atoms in total. The lowest BCUT2D eigenvalue weighted by atomic mass is 10.0. The first-order valence-corrected chi connectivity index (χ1v) is 5.54. The van der Waals surface area contributed by atoms with E-state index in [0.29, 0.717) is 12.0 Å². The smallest absolute Gasteiger partial charge is 0.330 e. The number of aromatic nitrogens is 2. The van der Waals surface area contributed by atoms with Crippen molar-refractivity contribution in [2.75, 3.05) is 6.61 Å². The maximum absolute atomic E-state index is 11.7. The number of nitrogens with zero attached hydrogens (tertiary/aromatic N) is 2. The van der Waals surface area contributed by atoms with Crippen LogP contribution in [0.4, 0.5) is 0 Å². The summed E-state index contributed by atoms with van der Waals surface area (Å²) in [5, 5.41) is 18.0. The number of H-pyrrole nitrogens is 1. The largest absolute Gasteiger partial charge is 0.394 e. The average molecular weight is 251 g/mol. The molecule has 1 aromatic rings. The lowest BCUT2D eigenvalue weighted by Crippen LogP contribution is -2.33. The van der Waals surface area contributed by atoms with E-state index >= 15 is 0 Å². The number of aliphatic hydroxyl groups excluding tert-OH is 1. The number of hydrogen-bond acceptors (Lipinski definition) is 5. The molecule has 0 radical (unpaired) electrons. The first-order chi connectivity index (χ1) is 8.56. The number of ether oxygens (including phenoxy) is 1. The molecule has 7 heteroatoms. The van der Waals surface area contributed by atoms with Gasteiger partial charge in [0.25, 0.3) is 5.56 Å². The van der Waals surface area contributed by atoms with Crippen LogP contribution in [0.5, 0.6) is 0 Å². The Kier molecular flexibility index (Phi) is 3.32. The van der Waals surface area contributed by atoms with E-state index in [-0.39, 0.29) is 6.61 Å². The third-order valence-corrected chi connectivity index (χ3v) is 3.04. The Morgan fingerprint density at radius 2 is 2.39 bits per heavy atom. The van der Waals surface area contributed by atoms with Gasteiger partial charge in [0, 0.05) is 18.2 Å². The fourth-order valence-corrected chi connectivity index (χ4v) is 2.01. The number of aryl methyl sites for hydroxylation is 1. The van der Waals surface area contributed by atoms with Gasteiger partial charge < -0.3 is 9.84 Å². The predicted molar refractivity (Wildman–Crippen MR) is 60.8 cm³/mol. The Balaban J connectivity index is 2.35. The van der Waals surface area contributed by atoms with Gasteiger partial charge in [0.1, 0.15) is 6.23 Å². The quantitative estimate of drug-likeness (QED) is 0.720. The molecule has 1 saturated heterocycles. The molecule has 1 aliphatic rings. The summed E-state index contributed by atoms with van der Waals surface area (Å²) in [7, 11) is 0. The van der Waals surface area contributed by atoms with Crippen molar-refractivity contribution >= 4 is 0 Å². The number of hydrogen-bond donors (Lipinski definition) is 2. The van der Waals surface area contributed by atoms with Crippen molar-refractivity contribution in [2.45, 2.75) is 25.7 Å². The van der Waals surface area contributed by atoms with Gasteiger partial charge in [0.15, 0.2) is 0 Å². The molecule has 2 rings (SSSR count). The zero-order chi connectivity index (χ0) is 13.3. The Hall–Kier alpha value is -1.91. The van der Waals surface area contributed by atoms with Crippen molar-refractivity contribution in [2.24, 2.45) is 5.92 Å². The Morgan fingerprint density at radius 3 is 2.94 bits per heavy atom. The Labute approximate surface area is 102 Å². The zero-order valence-corrected chi connectivity index (χ0v) is 9.79. The van der Waals surface area contributed by atoms with Crippen LogP contribution in [0.15, 0.2) is 15.8 Å². The third-order valence-electron chi connectivity index (χ3n) is 3.04. The van der Waals surface area contributed by atoms with Crippen LogP contribution in [0, 0.1) is 24.2 Å². The monoisotopic (exact) mass is 251 g/mol. The fraction of sp³-hybridized carbons (Fsp3) is 0.545. The first kappa shape index (κ1) is 12.5. The number of nitriles is 1. The van der Waals surface area contributed by atoms with E-state index < -0.39 is 29.5 Å². The van der Waals surface area contributed by atoms with Gasteiger partial charge in [0.2, 0.25) is 0 Å². The lowest BCUT2D eigenvalue weighted by molar-refractivity contribution is -0.0291. The summed E-state index contributed by atoms with van der Waals surface area (Å²) >= 11 is 0. The van der Waals surface area contributed by atoms with Crippen molar-refractivity contribution in [3.05, 3.63) is 32.6 Å². The second kappa shape index (κ2) is 4.76. The van der Waals surface area contributed by atoms with Gasteiger partial charge in [-0.05, 0) is 6.92 Å². The summed E-state index contributed by atoms with van der Waals surface area (Å²) in [6, 6.07) is 2.04. The van der Waals surface area contributed by atoms with Gasteiger partial charge in [0.05, 0.1) is 24.7 Å². The van der Waals surface area contributed by atoms with E-state index in [1.807, 2.05) is 6.07 Å². The number of aliphatic hydroxyl groups is 1. The van der Waals surface area contributed by atoms with Gasteiger partial charge in [-0.15, -0.1) is 0 Å². The summed E-state index contributed by atoms with van der Waals surface area (Å²) in [5.74, 6) is -0.459. The summed E-state index contributed by atoms with van der Waals surface area (Å²) in [5.41, 5.74) is -0.630. The molecule has 0 bridgehead atoms. The van der Waals surface area contributed by atoms with Crippen LogP contribution in [0.2, 0.25) is 0 Å². The highest BCUT2D eigenvalue weighted by Gasteiger charge is 2.36. The molecule has 1 fully saturated rings. The second-order valence-electron chi connectivity index (χ2n) is 4.26. The summed E-state index contributed by atoms with van der Waals surface area (Å²) < 4.78 is 6.69. The van der Waals surface area contributed by atoms with E-state index in [2.05, 4.69) is 4.98 Å². The molecule has 2 heterocycles. The fourth-order valence-electron chi connectivity index (χ4n) is 2.01. The van der Waals surface area contributed by atoms with Crippen LogP contribution in [0.25, 0.3) is 0 Å². The Morgan fingerprint density at radius 1 is 1.67 bits per heavy atom. The van der Waals surface area contributed by atoms with Crippen LogP contribution in [-0.2, 0) is 4.74 Å². The molecule has 1 unspecified atom stereocenters. The SMILES string of the molecule is Cc1cn([C@H]2CC(C#N)[C@@H](CO)O2)c(=O)[nH]c1=O. The molecule has 0 aliphatic carbocycles. The first-order valence-electron chi connectivity index (χ1n) is 5.54. The number of nitrogens with one attached hydrogen (secondary N) is 1. The third kappa shape index (κ3) is 2.08. The van der Waals surface area contributed by atoms with Gasteiger partial charge in [-0.25, -0.2) is 4.79 Å². The molecule has 3 atom stereocenters. The molecule has 0 amide bonds. The molecule has 0 spiro atoms. The highest BCUT2D eigenvalue weighted by Crippen LogP contribution is 2.31. The van der Waals surface area contributed by atoms with Gasteiger partial charge in [-0.1, -0.05) is 0 Å². The summed E-state index contributed by atoms with van der Waals surface area (Å²) in [6.07, 6.45) is 0.488. The molecule has 18 heavy (non-hydrogen) atoms. The minimum atomic E-state index is -0.630. The minimum absolute atomic E-state index is 0.272.